The summed E-state index contributed by atoms with van der Waals surface area (Å²) in [5, 5.41) is 0. The Morgan fingerprint density at radius 2 is 1.52 bits per heavy atom. The Morgan fingerprint density at radius 1 is 1.00 bits per heavy atom. The van der Waals surface area contributed by atoms with Crippen molar-refractivity contribution in [3.05, 3.63) is 35.4 Å². The second-order valence-electron chi connectivity index (χ2n) is 6.65. The zero-order valence-corrected chi connectivity index (χ0v) is 12.4. The van der Waals surface area contributed by atoms with Crippen LogP contribution in [-0.4, -0.2) is 23.3 Å². The summed E-state index contributed by atoms with van der Waals surface area (Å²) in [5.74, 6) is 0.565. The average Bonchev–Trinajstić information content (AvgIpc) is 2.79. The minimum absolute atomic E-state index is 0.0805. The van der Waals surface area contributed by atoms with Crippen molar-refractivity contribution in [2.45, 2.75) is 44.4 Å². The summed E-state index contributed by atoms with van der Waals surface area (Å²) in [6.45, 7) is 2.70. The first-order chi connectivity index (χ1) is 10.2. The molecular weight excluding hydrogens is 262 g/mol. The Labute approximate surface area is 125 Å². The minimum atomic E-state index is -0.0805. The highest BCUT2D eigenvalue weighted by molar-refractivity contribution is 6.06. The van der Waals surface area contributed by atoms with Gasteiger partial charge in [-0.2, -0.15) is 0 Å². The molecule has 0 radical (unpaired) electrons. The van der Waals surface area contributed by atoms with Gasteiger partial charge in [0.05, 0.1) is 11.8 Å². The third-order valence-electron chi connectivity index (χ3n) is 5.68. The van der Waals surface area contributed by atoms with Crippen molar-refractivity contribution in [3.8, 4) is 0 Å². The topological polar surface area (TPSA) is 37.4 Å². The Morgan fingerprint density at radius 3 is 2.00 bits per heavy atom. The predicted octanol–water partition coefficient (Wildman–Crippen LogP) is 3.06. The molecule has 1 saturated heterocycles. The van der Waals surface area contributed by atoms with Gasteiger partial charge in [-0.25, -0.2) is 0 Å². The van der Waals surface area contributed by atoms with Gasteiger partial charge >= 0.3 is 0 Å². The number of fused-ring (bicyclic) bond motifs is 1. The normalized spacial score (nSPS) is 33.3. The first-order valence-electron chi connectivity index (χ1n) is 8.18. The summed E-state index contributed by atoms with van der Waals surface area (Å²) >= 11 is 0. The molecule has 1 aromatic rings. The van der Waals surface area contributed by atoms with Gasteiger partial charge in [0.15, 0.2) is 0 Å². The number of nitrogens with zero attached hydrogens (tertiary/aromatic N) is 1. The summed E-state index contributed by atoms with van der Waals surface area (Å²) in [6, 6.07) is 8.44. The van der Waals surface area contributed by atoms with Crippen molar-refractivity contribution in [1.82, 2.24) is 4.90 Å². The maximum atomic E-state index is 12.8. The van der Waals surface area contributed by atoms with Crippen LogP contribution < -0.4 is 0 Å². The molecular formula is C18H21NO2. The van der Waals surface area contributed by atoms with Gasteiger partial charge in [0.25, 0.3) is 0 Å². The molecule has 2 fully saturated rings. The van der Waals surface area contributed by atoms with E-state index in [1.807, 2.05) is 0 Å². The number of carbonyl (C=O) groups is 2. The summed E-state index contributed by atoms with van der Waals surface area (Å²) < 4.78 is 0. The van der Waals surface area contributed by atoms with E-state index < -0.39 is 0 Å². The van der Waals surface area contributed by atoms with Crippen molar-refractivity contribution >= 4 is 11.8 Å². The van der Waals surface area contributed by atoms with E-state index in [9.17, 15) is 9.59 Å². The Balaban J connectivity index is 1.75. The number of imide groups is 1. The molecule has 3 aliphatic carbocycles. The molecule has 3 nitrogen and oxygen atoms in total. The lowest BCUT2D eigenvalue weighted by atomic mass is 9.57. The highest BCUT2D eigenvalue weighted by Crippen LogP contribution is 2.58. The molecule has 0 aromatic heterocycles. The lowest BCUT2D eigenvalue weighted by Crippen LogP contribution is -2.39. The van der Waals surface area contributed by atoms with E-state index in [1.54, 1.807) is 4.90 Å². The lowest BCUT2D eigenvalue weighted by molar-refractivity contribution is -0.140. The van der Waals surface area contributed by atoms with Crippen LogP contribution in [0.15, 0.2) is 24.3 Å². The van der Waals surface area contributed by atoms with Gasteiger partial charge in [-0.1, -0.05) is 37.6 Å². The fourth-order valence-corrected chi connectivity index (χ4v) is 4.76. The summed E-state index contributed by atoms with van der Waals surface area (Å²) in [7, 11) is 0. The van der Waals surface area contributed by atoms with Crippen LogP contribution in [0.25, 0.3) is 0 Å². The van der Waals surface area contributed by atoms with Gasteiger partial charge in [-0.15, -0.1) is 0 Å². The standard InChI is InChI=1S/C18H21NO2/c1-2-3-10-19-17(20)15-13-8-9-14(16(15)18(19)21)12-7-5-4-6-11(12)13/h4-7,13-16H,2-3,8-10H2,1H3. The van der Waals surface area contributed by atoms with E-state index in [0.717, 1.165) is 25.7 Å². The second-order valence-corrected chi connectivity index (χ2v) is 6.65. The molecule has 1 aromatic carbocycles. The molecule has 1 saturated carbocycles. The number of likely N-dealkylation sites (tertiary alicyclic amines) is 1. The zero-order chi connectivity index (χ0) is 14.6. The van der Waals surface area contributed by atoms with Gasteiger partial charge in [0.2, 0.25) is 11.8 Å². The SMILES string of the molecule is CCCCN1C(=O)C2C3CCC(c4ccccc43)C2C1=O. The predicted molar refractivity (Wildman–Crippen MR) is 79.8 cm³/mol. The molecule has 1 aliphatic heterocycles. The van der Waals surface area contributed by atoms with Crippen molar-refractivity contribution in [3.63, 3.8) is 0 Å². The molecule has 21 heavy (non-hydrogen) atoms. The molecule has 4 aliphatic rings. The number of carbonyl (C=O) groups excluding carboxylic acids is 2. The third kappa shape index (κ3) is 1.66. The van der Waals surface area contributed by atoms with Crippen molar-refractivity contribution < 1.29 is 9.59 Å². The van der Waals surface area contributed by atoms with Crippen LogP contribution in [0.4, 0.5) is 0 Å². The summed E-state index contributed by atoms with van der Waals surface area (Å²) in [6.07, 6.45) is 4.05. The van der Waals surface area contributed by atoms with Crippen molar-refractivity contribution in [1.29, 1.82) is 0 Å². The molecule has 4 atom stereocenters. The van der Waals surface area contributed by atoms with Gasteiger partial charge in [-0.3, -0.25) is 14.5 Å². The average molecular weight is 283 g/mol. The molecule has 4 unspecified atom stereocenters. The second kappa shape index (κ2) is 4.69. The van der Waals surface area contributed by atoms with Crippen LogP contribution in [0.5, 0.6) is 0 Å². The molecule has 2 amide bonds. The van der Waals surface area contributed by atoms with Crippen molar-refractivity contribution in [2.75, 3.05) is 6.54 Å². The first-order valence-corrected chi connectivity index (χ1v) is 8.18. The van der Waals surface area contributed by atoms with Crippen LogP contribution in [0.3, 0.4) is 0 Å². The van der Waals surface area contributed by atoms with Crippen LogP contribution >= 0.6 is 0 Å². The van der Waals surface area contributed by atoms with E-state index in [4.69, 9.17) is 0 Å². The molecule has 1 heterocycles. The van der Waals surface area contributed by atoms with Crippen LogP contribution in [-0.2, 0) is 9.59 Å². The molecule has 5 rings (SSSR count). The van der Waals surface area contributed by atoms with E-state index in [2.05, 4.69) is 31.2 Å². The molecule has 0 N–H and O–H groups in total. The first kappa shape index (κ1) is 13.1. The number of hydrogen-bond donors (Lipinski definition) is 0. The van der Waals surface area contributed by atoms with E-state index in [-0.39, 0.29) is 35.5 Å². The number of benzene rings is 1. The molecule has 3 heteroatoms. The highest BCUT2D eigenvalue weighted by atomic mass is 16.2. The fraction of sp³-hybridized carbons (Fsp3) is 0.556. The monoisotopic (exact) mass is 283 g/mol. The Kier molecular flexibility index (Phi) is 2.91. The smallest absolute Gasteiger partial charge is 0.233 e. The van der Waals surface area contributed by atoms with Gasteiger partial charge < -0.3 is 0 Å². The molecule has 2 bridgehead atoms. The van der Waals surface area contributed by atoms with E-state index >= 15 is 0 Å². The number of amides is 2. The summed E-state index contributed by atoms with van der Waals surface area (Å²) in [4.78, 5) is 27.1. The van der Waals surface area contributed by atoms with E-state index in [1.165, 1.54) is 11.1 Å². The Hall–Kier alpha value is -1.64. The highest BCUT2D eigenvalue weighted by Gasteiger charge is 2.59. The Bertz CT molecular complexity index is 560. The fourth-order valence-electron chi connectivity index (χ4n) is 4.76. The van der Waals surface area contributed by atoms with Gasteiger partial charge in [-0.05, 0) is 42.2 Å². The quantitative estimate of drug-likeness (QED) is 0.800. The largest absolute Gasteiger partial charge is 0.282 e. The van der Waals surface area contributed by atoms with Gasteiger partial charge in [0, 0.05) is 6.54 Å². The molecule has 110 valence electrons. The maximum absolute atomic E-state index is 12.8. The van der Waals surface area contributed by atoms with Crippen LogP contribution in [0.1, 0.15) is 55.6 Å². The van der Waals surface area contributed by atoms with E-state index in [0.29, 0.717) is 6.54 Å². The lowest BCUT2D eigenvalue weighted by Gasteiger charge is -2.44. The van der Waals surface area contributed by atoms with Crippen LogP contribution in [0.2, 0.25) is 0 Å². The number of hydrogen-bond acceptors (Lipinski definition) is 2. The number of unbranched alkanes of at least 4 members (excludes halogenated alkanes) is 1. The van der Waals surface area contributed by atoms with Gasteiger partial charge in [0.1, 0.15) is 0 Å². The van der Waals surface area contributed by atoms with Crippen molar-refractivity contribution in [2.24, 2.45) is 11.8 Å². The minimum Gasteiger partial charge on any atom is -0.282 e. The van der Waals surface area contributed by atoms with Crippen LogP contribution in [0, 0.1) is 11.8 Å². The molecule has 0 spiro atoms. The third-order valence-corrected chi connectivity index (χ3v) is 5.68. The maximum Gasteiger partial charge on any atom is 0.233 e. The number of rotatable bonds is 3. The zero-order valence-electron chi connectivity index (χ0n) is 12.4. The summed E-state index contributed by atoms with van der Waals surface area (Å²) in [5.41, 5.74) is 2.65.